The number of aryl methyl sites for hydroxylation is 1. The van der Waals surface area contributed by atoms with Crippen molar-refractivity contribution in [1.29, 1.82) is 0 Å². The van der Waals surface area contributed by atoms with Crippen LogP contribution in [0.25, 0.3) is 0 Å². The number of rotatable bonds is 2. The molecule has 1 aromatic rings. The molecule has 1 saturated carbocycles. The predicted octanol–water partition coefficient (Wildman–Crippen LogP) is 2.08. The highest BCUT2D eigenvalue weighted by Crippen LogP contribution is 2.36. The maximum Gasteiger partial charge on any atom is 0.407 e. The summed E-state index contributed by atoms with van der Waals surface area (Å²) >= 11 is 0. The minimum atomic E-state index is -0.990. The first-order chi connectivity index (χ1) is 9.70. The summed E-state index contributed by atoms with van der Waals surface area (Å²) in [6.45, 7) is 5.49. The van der Waals surface area contributed by atoms with E-state index in [2.05, 4.69) is 10.3 Å². The third-order valence-corrected chi connectivity index (χ3v) is 3.69. The third kappa shape index (κ3) is 3.97. The van der Waals surface area contributed by atoms with Gasteiger partial charge in [0, 0.05) is 31.9 Å². The molecule has 0 spiro atoms. The molecule has 2 atom stereocenters. The highest BCUT2D eigenvalue weighted by atomic mass is 16.6. The lowest BCUT2D eigenvalue weighted by molar-refractivity contribution is -0.0240. The Bertz CT molecular complexity index is 507. The van der Waals surface area contributed by atoms with E-state index in [0.29, 0.717) is 18.7 Å². The van der Waals surface area contributed by atoms with Gasteiger partial charge in [-0.15, -0.1) is 0 Å². The zero-order chi connectivity index (χ0) is 15.7. The van der Waals surface area contributed by atoms with Crippen molar-refractivity contribution in [2.24, 2.45) is 7.05 Å². The number of amides is 1. The summed E-state index contributed by atoms with van der Waals surface area (Å²) in [5, 5.41) is 13.7. The van der Waals surface area contributed by atoms with Gasteiger partial charge in [0.05, 0.1) is 0 Å². The number of imidazole rings is 1. The summed E-state index contributed by atoms with van der Waals surface area (Å²) < 4.78 is 7.10. The summed E-state index contributed by atoms with van der Waals surface area (Å²) in [7, 11) is 1.87. The van der Waals surface area contributed by atoms with Crippen LogP contribution in [0.5, 0.6) is 0 Å². The number of aromatic nitrogens is 2. The lowest BCUT2D eigenvalue weighted by Crippen LogP contribution is -2.46. The van der Waals surface area contributed by atoms with Crippen molar-refractivity contribution in [1.82, 2.24) is 14.9 Å². The average Bonchev–Trinajstić information content (AvgIpc) is 2.73. The Labute approximate surface area is 125 Å². The first-order valence-corrected chi connectivity index (χ1v) is 7.39. The topological polar surface area (TPSA) is 76.4 Å². The van der Waals surface area contributed by atoms with E-state index in [-0.39, 0.29) is 6.04 Å². The third-order valence-electron chi connectivity index (χ3n) is 3.69. The molecule has 6 nitrogen and oxygen atoms in total. The number of nitrogens with one attached hydrogen (secondary N) is 1. The summed E-state index contributed by atoms with van der Waals surface area (Å²) in [6, 6.07) is -0.102. The Morgan fingerprint density at radius 1 is 1.57 bits per heavy atom. The van der Waals surface area contributed by atoms with E-state index in [0.717, 1.165) is 12.8 Å². The molecule has 1 aromatic heterocycles. The van der Waals surface area contributed by atoms with Gasteiger partial charge in [0.2, 0.25) is 0 Å². The van der Waals surface area contributed by atoms with Crippen LogP contribution in [0, 0.1) is 0 Å². The lowest BCUT2D eigenvalue weighted by atomic mass is 9.81. The van der Waals surface area contributed by atoms with Gasteiger partial charge in [-0.25, -0.2) is 9.78 Å². The zero-order valence-corrected chi connectivity index (χ0v) is 13.2. The molecule has 1 heterocycles. The van der Waals surface area contributed by atoms with Gasteiger partial charge >= 0.3 is 6.09 Å². The van der Waals surface area contributed by atoms with Gasteiger partial charge < -0.3 is 19.7 Å². The smallest absolute Gasteiger partial charge is 0.407 e. The van der Waals surface area contributed by atoms with Crippen LogP contribution >= 0.6 is 0 Å². The van der Waals surface area contributed by atoms with E-state index < -0.39 is 17.3 Å². The normalized spacial score (nSPS) is 26.4. The van der Waals surface area contributed by atoms with Gasteiger partial charge in [-0.3, -0.25) is 0 Å². The van der Waals surface area contributed by atoms with Crippen molar-refractivity contribution in [2.75, 3.05) is 0 Å². The molecule has 6 heteroatoms. The van der Waals surface area contributed by atoms with Gasteiger partial charge in [-0.1, -0.05) is 0 Å². The molecule has 0 bridgehead atoms. The largest absolute Gasteiger partial charge is 0.444 e. The molecule has 2 N–H and O–H groups in total. The fraction of sp³-hybridized carbons (Fsp3) is 0.733. The Morgan fingerprint density at radius 3 is 2.86 bits per heavy atom. The van der Waals surface area contributed by atoms with Crippen molar-refractivity contribution >= 4 is 6.09 Å². The number of carbonyl (C=O) groups is 1. The second-order valence-electron chi connectivity index (χ2n) is 6.83. The monoisotopic (exact) mass is 295 g/mol. The summed E-state index contributed by atoms with van der Waals surface area (Å²) in [4.78, 5) is 16.1. The molecule has 1 aliphatic rings. The number of alkyl carbamates (subject to hydrolysis) is 1. The first-order valence-electron chi connectivity index (χ1n) is 7.39. The van der Waals surface area contributed by atoms with Crippen molar-refractivity contribution in [3.8, 4) is 0 Å². The van der Waals surface area contributed by atoms with E-state index in [4.69, 9.17) is 4.74 Å². The van der Waals surface area contributed by atoms with E-state index in [1.54, 1.807) is 6.20 Å². The number of hydrogen-bond acceptors (Lipinski definition) is 4. The molecule has 1 amide bonds. The fourth-order valence-electron chi connectivity index (χ4n) is 2.87. The van der Waals surface area contributed by atoms with Crippen LogP contribution in [0.1, 0.15) is 52.3 Å². The van der Waals surface area contributed by atoms with Crippen LogP contribution in [-0.2, 0) is 17.4 Å². The molecular formula is C15H25N3O3. The molecule has 1 aliphatic carbocycles. The van der Waals surface area contributed by atoms with Crippen molar-refractivity contribution < 1.29 is 14.6 Å². The van der Waals surface area contributed by atoms with Gasteiger partial charge in [0.1, 0.15) is 17.0 Å². The number of carbonyl (C=O) groups excluding carboxylic acids is 1. The molecule has 0 aliphatic heterocycles. The van der Waals surface area contributed by atoms with E-state index in [1.165, 1.54) is 0 Å². The minimum absolute atomic E-state index is 0.102. The summed E-state index contributed by atoms with van der Waals surface area (Å²) in [6.07, 6.45) is 5.85. The fourth-order valence-corrected chi connectivity index (χ4v) is 2.87. The number of ether oxygens (including phenoxy) is 1. The molecule has 0 saturated heterocycles. The number of hydrogen-bond donors (Lipinski definition) is 2. The lowest BCUT2D eigenvalue weighted by Gasteiger charge is -2.36. The van der Waals surface area contributed by atoms with Crippen molar-refractivity contribution in [3.63, 3.8) is 0 Å². The quantitative estimate of drug-likeness (QED) is 0.875. The molecule has 0 aromatic carbocycles. The zero-order valence-electron chi connectivity index (χ0n) is 13.2. The molecule has 2 rings (SSSR count). The van der Waals surface area contributed by atoms with Crippen LogP contribution in [0.3, 0.4) is 0 Å². The van der Waals surface area contributed by atoms with Gasteiger partial charge in [0.25, 0.3) is 0 Å². The van der Waals surface area contributed by atoms with Crippen molar-refractivity contribution in [2.45, 2.75) is 63.7 Å². The molecular weight excluding hydrogens is 270 g/mol. The minimum Gasteiger partial charge on any atom is -0.444 e. The molecule has 0 radical (unpaired) electrons. The van der Waals surface area contributed by atoms with Gasteiger partial charge in [0.15, 0.2) is 0 Å². The average molecular weight is 295 g/mol. The number of aliphatic hydroxyl groups is 1. The second kappa shape index (κ2) is 5.67. The van der Waals surface area contributed by atoms with Crippen LogP contribution < -0.4 is 5.32 Å². The molecule has 118 valence electrons. The summed E-state index contributed by atoms with van der Waals surface area (Å²) in [5.74, 6) is 0.651. The van der Waals surface area contributed by atoms with E-state index in [1.807, 2.05) is 38.6 Å². The Hall–Kier alpha value is -1.56. The Kier molecular flexibility index (Phi) is 4.27. The maximum absolute atomic E-state index is 11.9. The van der Waals surface area contributed by atoms with Crippen LogP contribution in [0.2, 0.25) is 0 Å². The van der Waals surface area contributed by atoms with Crippen LogP contribution in [-0.4, -0.2) is 32.4 Å². The SMILES string of the molecule is Cn1ccnc1[C@@]1(O)CCC[C@H](NC(=O)OC(C)(C)C)C1. The highest BCUT2D eigenvalue weighted by Gasteiger charge is 2.39. The van der Waals surface area contributed by atoms with E-state index in [9.17, 15) is 9.90 Å². The Morgan fingerprint density at radius 2 is 2.29 bits per heavy atom. The highest BCUT2D eigenvalue weighted by molar-refractivity contribution is 5.68. The van der Waals surface area contributed by atoms with Gasteiger partial charge in [-0.05, 0) is 40.0 Å². The molecule has 1 fully saturated rings. The summed E-state index contributed by atoms with van der Waals surface area (Å²) in [5.41, 5.74) is -1.51. The first kappa shape index (κ1) is 15.8. The van der Waals surface area contributed by atoms with Crippen LogP contribution in [0.4, 0.5) is 4.79 Å². The second-order valence-corrected chi connectivity index (χ2v) is 6.83. The van der Waals surface area contributed by atoms with Gasteiger partial charge in [-0.2, -0.15) is 0 Å². The molecule has 0 unspecified atom stereocenters. The maximum atomic E-state index is 11.9. The predicted molar refractivity (Wildman–Crippen MR) is 78.7 cm³/mol. The van der Waals surface area contributed by atoms with Crippen LogP contribution in [0.15, 0.2) is 12.4 Å². The van der Waals surface area contributed by atoms with E-state index >= 15 is 0 Å². The van der Waals surface area contributed by atoms with Crippen molar-refractivity contribution in [3.05, 3.63) is 18.2 Å². The number of nitrogens with zero attached hydrogens (tertiary/aromatic N) is 2. The molecule has 21 heavy (non-hydrogen) atoms. The standard InChI is InChI=1S/C15H25N3O3/c1-14(2,3)21-13(19)17-11-6-5-7-15(20,10-11)12-16-8-9-18(12)4/h8-9,11,20H,5-7,10H2,1-4H3,(H,17,19)/t11-,15+/m0/s1. The Balaban J connectivity index is 2.01.